The zero-order chi connectivity index (χ0) is 25.5. The van der Waals surface area contributed by atoms with E-state index in [2.05, 4.69) is 4.98 Å². The molecule has 0 bridgehead atoms. The highest BCUT2D eigenvalue weighted by atomic mass is 16.6. The van der Waals surface area contributed by atoms with Gasteiger partial charge in [0.2, 0.25) is 17.7 Å². The van der Waals surface area contributed by atoms with E-state index in [4.69, 9.17) is 14.2 Å². The summed E-state index contributed by atoms with van der Waals surface area (Å²) in [7, 11) is 0. The van der Waals surface area contributed by atoms with Gasteiger partial charge in [0.1, 0.15) is 31.0 Å². The van der Waals surface area contributed by atoms with Crippen LogP contribution in [-0.4, -0.2) is 47.1 Å². The van der Waals surface area contributed by atoms with Crippen LogP contribution in [0.1, 0.15) is 31.9 Å². The van der Waals surface area contributed by atoms with Gasteiger partial charge in [0.05, 0.1) is 0 Å². The Morgan fingerprint density at radius 3 is 2.06 bits per heavy atom. The predicted molar refractivity (Wildman–Crippen MR) is 136 cm³/mol. The van der Waals surface area contributed by atoms with Crippen molar-refractivity contribution < 1.29 is 23.8 Å². The zero-order valence-corrected chi connectivity index (χ0v) is 20.8. The molecule has 1 aliphatic heterocycles. The average molecular weight is 490 g/mol. The Kier molecular flexibility index (Phi) is 7.73. The van der Waals surface area contributed by atoms with Crippen LogP contribution < -0.4 is 14.4 Å². The third-order valence-corrected chi connectivity index (χ3v) is 5.43. The Hall–Kier alpha value is -4.07. The van der Waals surface area contributed by atoms with Crippen molar-refractivity contribution in [2.45, 2.75) is 39.6 Å². The number of carbonyl (C=O) groups is 2. The molecule has 1 aliphatic rings. The van der Waals surface area contributed by atoms with E-state index in [9.17, 15) is 9.59 Å². The number of nitrogens with zero attached hydrogens (tertiary/aromatic N) is 3. The highest BCUT2D eigenvalue weighted by Gasteiger charge is 2.32. The van der Waals surface area contributed by atoms with Crippen molar-refractivity contribution in [2.24, 2.45) is 0 Å². The summed E-state index contributed by atoms with van der Waals surface area (Å²) in [4.78, 5) is 33.1. The second-order valence-electron chi connectivity index (χ2n) is 9.47. The lowest BCUT2D eigenvalue weighted by molar-refractivity contribution is -0.121. The number of ether oxygens (including phenoxy) is 3. The van der Waals surface area contributed by atoms with Crippen LogP contribution in [0.2, 0.25) is 0 Å². The third-order valence-electron chi connectivity index (χ3n) is 5.43. The number of amides is 2. The second-order valence-corrected chi connectivity index (χ2v) is 9.47. The molecule has 0 saturated carbocycles. The van der Waals surface area contributed by atoms with Crippen LogP contribution in [0.25, 0.3) is 0 Å². The van der Waals surface area contributed by atoms with Crippen molar-refractivity contribution >= 4 is 17.7 Å². The lowest BCUT2D eigenvalue weighted by Crippen LogP contribution is -2.53. The lowest BCUT2D eigenvalue weighted by Gasteiger charge is -2.35. The fourth-order valence-corrected chi connectivity index (χ4v) is 3.68. The molecule has 1 fully saturated rings. The van der Waals surface area contributed by atoms with E-state index in [1.807, 2.05) is 60.7 Å². The topological polar surface area (TPSA) is 81.2 Å². The van der Waals surface area contributed by atoms with Crippen LogP contribution in [0.15, 0.2) is 72.8 Å². The fraction of sp³-hybridized carbons (Fsp3) is 0.321. The summed E-state index contributed by atoms with van der Waals surface area (Å²) in [5.41, 5.74) is 1.90. The number of rotatable bonds is 7. The second kappa shape index (κ2) is 11.1. The van der Waals surface area contributed by atoms with E-state index in [0.717, 1.165) is 11.1 Å². The van der Waals surface area contributed by atoms with Gasteiger partial charge in [0.25, 0.3) is 0 Å². The van der Waals surface area contributed by atoms with Gasteiger partial charge in [-0.25, -0.2) is 4.79 Å². The van der Waals surface area contributed by atoms with Crippen LogP contribution in [0.3, 0.4) is 0 Å². The van der Waals surface area contributed by atoms with Crippen LogP contribution in [-0.2, 0) is 22.7 Å². The Morgan fingerprint density at radius 1 is 0.861 bits per heavy atom. The first-order chi connectivity index (χ1) is 17.3. The van der Waals surface area contributed by atoms with Gasteiger partial charge in [0, 0.05) is 19.2 Å². The number of hydrogen-bond donors (Lipinski definition) is 0. The molecule has 8 nitrogen and oxygen atoms in total. The Balaban J connectivity index is 1.51. The molecule has 0 atom stereocenters. The summed E-state index contributed by atoms with van der Waals surface area (Å²) in [6.07, 6.45) is -0.501. The van der Waals surface area contributed by atoms with E-state index in [0.29, 0.717) is 37.1 Å². The number of anilines is 1. The van der Waals surface area contributed by atoms with Gasteiger partial charge in [-0.3, -0.25) is 9.69 Å². The van der Waals surface area contributed by atoms with Gasteiger partial charge < -0.3 is 19.1 Å². The van der Waals surface area contributed by atoms with E-state index >= 15 is 0 Å². The number of pyridine rings is 1. The summed E-state index contributed by atoms with van der Waals surface area (Å²) in [6, 6.07) is 23.0. The molecule has 0 unspecified atom stereocenters. The van der Waals surface area contributed by atoms with Gasteiger partial charge in [-0.05, 0) is 38.0 Å². The van der Waals surface area contributed by atoms with Crippen molar-refractivity contribution in [1.29, 1.82) is 0 Å². The SMILES string of the molecule is CC(C)(C)OC(=O)N1CCN(c2ccc(OCc3ccccc3)nc2OCc2ccccc2)C(=O)C1. The van der Waals surface area contributed by atoms with E-state index < -0.39 is 11.7 Å². The van der Waals surface area contributed by atoms with Gasteiger partial charge in [-0.1, -0.05) is 60.7 Å². The summed E-state index contributed by atoms with van der Waals surface area (Å²) >= 11 is 0. The molecule has 3 aromatic rings. The maximum absolute atomic E-state index is 13.1. The number of aromatic nitrogens is 1. The summed E-state index contributed by atoms with van der Waals surface area (Å²) in [5, 5.41) is 0. The summed E-state index contributed by atoms with van der Waals surface area (Å²) < 4.78 is 17.4. The minimum atomic E-state index is -0.630. The molecule has 0 N–H and O–H groups in total. The molecule has 0 aliphatic carbocycles. The summed E-state index contributed by atoms with van der Waals surface area (Å²) in [5.74, 6) is 0.449. The minimum Gasteiger partial charge on any atom is -0.473 e. The fourth-order valence-electron chi connectivity index (χ4n) is 3.68. The molecule has 8 heteroatoms. The monoisotopic (exact) mass is 489 g/mol. The standard InChI is InChI=1S/C28H31N3O5/c1-28(2,3)36-27(33)30-16-17-31(25(32)18-30)23-14-15-24(34-19-21-10-6-4-7-11-21)29-26(23)35-20-22-12-8-5-9-13-22/h4-15H,16-20H2,1-3H3. The molecule has 2 amide bonds. The molecular weight excluding hydrogens is 458 g/mol. The van der Waals surface area contributed by atoms with Crippen molar-refractivity contribution in [2.75, 3.05) is 24.5 Å². The van der Waals surface area contributed by atoms with Gasteiger partial charge in [-0.2, -0.15) is 4.98 Å². The predicted octanol–water partition coefficient (Wildman–Crippen LogP) is 4.82. The highest BCUT2D eigenvalue weighted by molar-refractivity contribution is 5.98. The number of piperazine rings is 1. The van der Waals surface area contributed by atoms with Crippen LogP contribution in [0.5, 0.6) is 11.8 Å². The van der Waals surface area contributed by atoms with Crippen LogP contribution >= 0.6 is 0 Å². The van der Waals surface area contributed by atoms with E-state index in [-0.39, 0.29) is 19.1 Å². The minimum absolute atomic E-state index is 0.0840. The van der Waals surface area contributed by atoms with Crippen molar-refractivity contribution in [3.05, 3.63) is 83.9 Å². The Bertz CT molecular complexity index is 1180. The molecule has 188 valence electrons. The molecule has 1 aromatic heterocycles. The molecule has 1 saturated heterocycles. The summed E-state index contributed by atoms with van der Waals surface area (Å²) in [6.45, 7) is 6.59. The molecule has 2 aromatic carbocycles. The first-order valence-electron chi connectivity index (χ1n) is 11.9. The number of benzene rings is 2. The molecule has 0 radical (unpaired) electrons. The van der Waals surface area contributed by atoms with Crippen LogP contribution in [0, 0.1) is 0 Å². The average Bonchev–Trinajstić information content (AvgIpc) is 2.86. The molecule has 36 heavy (non-hydrogen) atoms. The van der Waals surface area contributed by atoms with Gasteiger partial charge in [-0.15, -0.1) is 0 Å². The van der Waals surface area contributed by atoms with Gasteiger partial charge >= 0.3 is 6.09 Å². The van der Waals surface area contributed by atoms with E-state index in [1.165, 1.54) is 4.90 Å². The van der Waals surface area contributed by atoms with Crippen LogP contribution in [0.4, 0.5) is 10.5 Å². The first kappa shape index (κ1) is 25.0. The first-order valence-corrected chi connectivity index (χ1v) is 11.9. The largest absolute Gasteiger partial charge is 0.473 e. The smallest absolute Gasteiger partial charge is 0.410 e. The maximum atomic E-state index is 13.1. The zero-order valence-electron chi connectivity index (χ0n) is 20.8. The van der Waals surface area contributed by atoms with Crippen molar-refractivity contribution in [1.82, 2.24) is 9.88 Å². The van der Waals surface area contributed by atoms with Crippen molar-refractivity contribution in [3.8, 4) is 11.8 Å². The highest BCUT2D eigenvalue weighted by Crippen LogP contribution is 2.31. The lowest BCUT2D eigenvalue weighted by atomic mass is 10.2. The normalized spacial score (nSPS) is 13.9. The molecule has 2 heterocycles. The number of carbonyl (C=O) groups excluding carboxylic acids is 2. The molecule has 4 rings (SSSR count). The Labute approximate surface area is 211 Å². The quantitative estimate of drug-likeness (QED) is 0.473. The Morgan fingerprint density at radius 2 is 1.47 bits per heavy atom. The van der Waals surface area contributed by atoms with E-state index in [1.54, 1.807) is 37.8 Å². The third kappa shape index (κ3) is 6.75. The molecular formula is C28H31N3O5. The molecule has 0 spiro atoms. The van der Waals surface area contributed by atoms with Gasteiger partial charge in [0.15, 0.2) is 0 Å². The number of hydrogen-bond acceptors (Lipinski definition) is 6. The maximum Gasteiger partial charge on any atom is 0.410 e. The van der Waals surface area contributed by atoms with Crippen molar-refractivity contribution in [3.63, 3.8) is 0 Å².